The summed E-state index contributed by atoms with van der Waals surface area (Å²) >= 11 is 0. The van der Waals surface area contributed by atoms with E-state index in [4.69, 9.17) is 9.47 Å². The van der Waals surface area contributed by atoms with Crippen molar-refractivity contribution in [3.63, 3.8) is 0 Å². The Hall–Kier alpha value is -1.85. The molecule has 1 fully saturated rings. The number of sulfone groups is 1. The van der Waals surface area contributed by atoms with Gasteiger partial charge in [0, 0.05) is 0 Å². The van der Waals surface area contributed by atoms with Crippen molar-refractivity contribution >= 4 is 9.84 Å². The first-order valence-electron chi connectivity index (χ1n) is 8.39. The van der Waals surface area contributed by atoms with Crippen molar-refractivity contribution in [2.75, 3.05) is 13.2 Å². The van der Waals surface area contributed by atoms with Gasteiger partial charge < -0.3 is 9.47 Å². The molecule has 5 heteroatoms. The Kier molecular flexibility index (Phi) is 4.64. The number of ether oxygens (including phenoxy) is 2. The fourth-order valence-corrected chi connectivity index (χ4v) is 4.62. The van der Waals surface area contributed by atoms with E-state index in [1.807, 2.05) is 45.9 Å². The maximum Gasteiger partial charge on any atom is 0.210 e. The van der Waals surface area contributed by atoms with Gasteiger partial charge in [-0.2, -0.15) is 0 Å². The van der Waals surface area contributed by atoms with Gasteiger partial charge in [-0.25, -0.2) is 8.42 Å². The molecule has 2 aromatic carbocycles. The van der Waals surface area contributed by atoms with Gasteiger partial charge >= 0.3 is 0 Å². The second kappa shape index (κ2) is 6.46. The largest absolute Gasteiger partial charge is 0.489 e. The summed E-state index contributed by atoms with van der Waals surface area (Å²) in [5.41, 5.74) is 1.39. The monoisotopic (exact) mass is 360 g/mol. The van der Waals surface area contributed by atoms with Crippen molar-refractivity contribution < 1.29 is 17.9 Å². The van der Waals surface area contributed by atoms with E-state index in [2.05, 4.69) is 0 Å². The fourth-order valence-electron chi connectivity index (χ4n) is 2.73. The molecule has 4 nitrogen and oxygen atoms in total. The second-order valence-corrected chi connectivity index (χ2v) is 9.35. The highest BCUT2D eigenvalue weighted by Crippen LogP contribution is 2.36. The van der Waals surface area contributed by atoms with Crippen molar-refractivity contribution in [1.82, 2.24) is 0 Å². The van der Waals surface area contributed by atoms with Crippen LogP contribution in [-0.4, -0.2) is 27.7 Å². The van der Waals surface area contributed by atoms with Crippen LogP contribution in [0.25, 0.3) is 0 Å². The molecule has 1 aliphatic rings. The average molecular weight is 360 g/mol. The molecule has 0 aromatic heterocycles. The molecule has 1 atom stereocenters. The van der Waals surface area contributed by atoms with Gasteiger partial charge in [0.1, 0.15) is 23.4 Å². The van der Waals surface area contributed by atoms with E-state index < -0.39 is 9.84 Å². The van der Waals surface area contributed by atoms with Crippen LogP contribution in [0.3, 0.4) is 0 Å². The van der Waals surface area contributed by atoms with Crippen molar-refractivity contribution in [3.8, 4) is 5.75 Å². The first-order chi connectivity index (χ1) is 11.7. The maximum absolute atomic E-state index is 13.4. The number of benzene rings is 2. The molecule has 0 saturated carbocycles. The third-order valence-corrected chi connectivity index (χ3v) is 6.03. The molecule has 134 valence electrons. The Labute approximate surface area is 149 Å². The molecule has 0 N–H and O–H groups in total. The van der Waals surface area contributed by atoms with Crippen LogP contribution in [0.1, 0.15) is 31.9 Å². The normalized spacial score (nSPS) is 17.4. The summed E-state index contributed by atoms with van der Waals surface area (Å²) in [4.78, 5) is 0.547. The summed E-state index contributed by atoms with van der Waals surface area (Å²) in [7, 11) is -3.70. The molecular weight excluding hydrogens is 336 g/mol. The Morgan fingerprint density at radius 1 is 1.12 bits per heavy atom. The smallest absolute Gasteiger partial charge is 0.210 e. The van der Waals surface area contributed by atoms with E-state index in [9.17, 15) is 8.42 Å². The second-order valence-electron chi connectivity index (χ2n) is 7.47. The van der Waals surface area contributed by atoms with Gasteiger partial charge in [-0.05, 0) is 41.7 Å². The number of hydrogen-bond acceptors (Lipinski definition) is 4. The van der Waals surface area contributed by atoms with Gasteiger partial charge in [0.2, 0.25) is 9.84 Å². The molecule has 1 unspecified atom stereocenters. The van der Waals surface area contributed by atoms with Gasteiger partial charge in [-0.15, -0.1) is 0 Å². The van der Waals surface area contributed by atoms with E-state index in [-0.39, 0.29) is 16.4 Å². The molecule has 25 heavy (non-hydrogen) atoms. The number of hydrogen-bond donors (Lipinski definition) is 0. The molecule has 0 radical (unpaired) electrons. The van der Waals surface area contributed by atoms with Crippen LogP contribution in [0, 0.1) is 6.92 Å². The minimum absolute atomic E-state index is 0.0683. The molecule has 0 aliphatic carbocycles. The minimum atomic E-state index is -3.70. The number of aryl methyl sites for hydroxylation is 1. The molecule has 0 spiro atoms. The third-order valence-electron chi connectivity index (χ3n) is 4.20. The Bertz CT molecular complexity index is 875. The summed E-state index contributed by atoms with van der Waals surface area (Å²) in [5, 5.41) is 0. The molecule has 0 amide bonds. The lowest BCUT2D eigenvalue weighted by molar-refractivity contribution is 0.258. The summed E-state index contributed by atoms with van der Waals surface area (Å²) in [5.74, 6) is 0.379. The molecule has 1 aliphatic heterocycles. The van der Waals surface area contributed by atoms with Crippen molar-refractivity contribution in [2.24, 2.45) is 0 Å². The molecule has 3 rings (SSSR count). The standard InChI is InChI=1S/C20H24O4S/c1-14-9-10-17(24-13-15-12-23-15)19(11-14)25(21,22)18-8-6-5-7-16(18)20(2,3)4/h5-11,15H,12-13H2,1-4H3. The average Bonchev–Trinajstić information content (AvgIpc) is 3.37. The first-order valence-corrected chi connectivity index (χ1v) is 9.87. The summed E-state index contributed by atoms with van der Waals surface area (Å²) in [6, 6.07) is 12.4. The number of rotatable bonds is 5. The summed E-state index contributed by atoms with van der Waals surface area (Å²) in [6.07, 6.45) is 0.0683. The molecule has 1 saturated heterocycles. The van der Waals surface area contributed by atoms with E-state index in [0.717, 1.165) is 11.1 Å². The zero-order chi connectivity index (χ0) is 18.2. The van der Waals surface area contributed by atoms with E-state index in [1.165, 1.54) is 0 Å². The predicted molar refractivity (Wildman–Crippen MR) is 97.0 cm³/mol. The highest BCUT2D eigenvalue weighted by molar-refractivity contribution is 7.91. The topological polar surface area (TPSA) is 55.9 Å². The van der Waals surface area contributed by atoms with Crippen LogP contribution < -0.4 is 4.74 Å². The van der Waals surface area contributed by atoms with Gasteiger partial charge in [-0.1, -0.05) is 45.0 Å². The van der Waals surface area contributed by atoms with Crippen LogP contribution in [0.5, 0.6) is 5.75 Å². The Morgan fingerprint density at radius 3 is 2.44 bits per heavy atom. The Balaban J connectivity index is 2.10. The zero-order valence-electron chi connectivity index (χ0n) is 15.1. The number of epoxide rings is 1. The SMILES string of the molecule is Cc1ccc(OCC2CO2)c(S(=O)(=O)c2ccccc2C(C)(C)C)c1. The maximum atomic E-state index is 13.4. The minimum Gasteiger partial charge on any atom is -0.489 e. The van der Waals surface area contributed by atoms with Crippen molar-refractivity contribution in [2.45, 2.75) is 49.0 Å². The molecule has 0 bridgehead atoms. The highest BCUT2D eigenvalue weighted by atomic mass is 32.2. The molecule has 2 aromatic rings. The van der Waals surface area contributed by atoms with Crippen molar-refractivity contribution in [3.05, 3.63) is 53.6 Å². The van der Waals surface area contributed by atoms with Crippen LogP contribution in [0.15, 0.2) is 52.3 Å². The molecular formula is C20H24O4S. The first kappa shape index (κ1) is 18.0. The fraction of sp³-hybridized carbons (Fsp3) is 0.400. The van der Waals surface area contributed by atoms with Gasteiger partial charge in [0.25, 0.3) is 0 Å². The lowest BCUT2D eigenvalue weighted by Crippen LogP contribution is -2.18. The predicted octanol–water partition coefficient (Wildman–Crippen LogP) is 3.90. The van der Waals surface area contributed by atoms with Gasteiger partial charge in [0.15, 0.2) is 0 Å². The van der Waals surface area contributed by atoms with E-state index in [1.54, 1.807) is 24.3 Å². The highest BCUT2D eigenvalue weighted by Gasteiger charge is 2.30. The van der Waals surface area contributed by atoms with Crippen molar-refractivity contribution in [1.29, 1.82) is 0 Å². The van der Waals surface area contributed by atoms with Crippen LogP contribution >= 0.6 is 0 Å². The zero-order valence-corrected chi connectivity index (χ0v) is 15.9. The van der Waals surface area contributed by atoms with E-state index >= 15 is 0 Å². The lowest BCUT2D eigenvalue weighted by atomic mass is 9.87. The van der Waals surface area contributed by atoms with Crippen LogP contribution in [-0.2, 0) is 20.0 Å². The Morgan fingerprint density at radius 2 is 1.80 bits per heavy atom. The van der Waals surface area contributed by atoms with Crippen LogP contribution in [0.2, 0.25) is 0 Å². The third kappa shape index (κ3) is 3.88. The van der Waals surface area contributed by atoms with E-state index in [0.29, 0.717) is 23.9 Å². The molecule has 1 heterocycles. The summed E-state index contributed by atoms with van der Waals surface area (Å²) < 4.78 is 37.7. The van der Waals surface area contributed by atoms with Gasteiger partial charge in [-0.3, -0.25) is 0 Å². The quantitative estimate of drug-likeness (QED) is 0.759. The summed E-state index contributed by atoms with van der Waals surface area (Å²) in [6.45, 7) is 8.95. The van der Waals surface area contributed by atoms with Crippen LogP contribution in [0.4, 0.5) is 0 Å². The lowest BCUT2D eigenvalue weighted by Gasteiger charge is -2.23. The van der Waals surface area contributed by atoms with Gasteiger partial charge in [0.05, 0.1) is 11.5 Å².